The molecule has 35 heavy (non-hydrogen) atoms. The topological polar surface area (TPSA) is 0 Å². The van der Waals surface area contributed by atoms with Crippen LogP contribution in [-0.2, 0) is 6.42 Å². The Bertz CT molecular complexity index is 955. The van der Waals surface area contributed by atoms with Gasteiger partial charge in [0.1, 0.15) is 0 Å². The van der Waals surface area contributed by atoms with Crippen molar-refractivity contribution in [3.63, 3.8) is 0 Å². The third-order valence-corrected chi connectivity index (χ3v) is 8.99. The van der Waals surface area contributed by atoms with Crippen molar-refractivity contribution in [2.75, 3.05) is 0 Å². The molecule has 0 N–H and O–H groups in total. The smallest absolute Gasteiger partial charge is 0.194 e. The fourth-order valence-corrected chi connectivity index (χ4v) is 6.57. The van der Waals surface area contributed by atoms with Gasteiger partial charge < -0.3 is 0 Å². The molecule has 0 nitrogen and oxygen atoms in total. The van der Waals surface area contributed by atoms with Crippen molar-refractivity contribution < 1.29 is 13.2 Å². The van der Waals surface area contributed by atoms with E-state index < -0.39 is 17.5 Å². The SMILES string of the molecule is C=C(CC)CCC1CCC(C2CCC(CCc3ccccc3-c3cc(F)c(F)c(F)c3)CC2)CC1. The van der Waals surface area contributed by atoms with Gasteiger partial charge in [-0.2, -0.15) is 0 Å². The first-order valence-corrected chi connectivity index (χ1v) is 13.8. The van der Waals surface area contributed by atoms with Crippen LogP contribution in [0.1, 0.15) is 89.5 Å². The average Bonchev–Trinajstić information content (AvgIpc) is 2.89. The van der Waals surface area contributed by atoms with Gasteiger partial charge in [-0.1, -0.05) is 69.0 Å². The van der Waals surface area contributed by atoms with Gasteiger partial charge in [0.2, 0.25) is 0 Å². The maximum absolute atomic E-state index is 13.8. The van der Waals surface area contributed by atoms with E-state index in [1.165, 1.54) is 69.8 Å². The lowest BCUT2D eigenvalue weighted by molar-refractivity contribution is 0.141. The maximum Gasteiger partial charge on any atom is 0.194 e. The number of hydrogen-bond acceptors (Lipinski definition) is 0. The monoisotopic (exact) mass is 482 g/mol. The summed E-state index contributed by atoms with van der Waals surface area (Å²) >= 11 is 0. The van der Waals surface area contributed by atoms with Crippen LogP contribution in [0.3, 0.4) is 0 Å². The maximum atomic E-state index is 13.8. The van der Waals surface area contributed by atoms with Crippen molar-refractivity contribution in [2.45, 2.75) is 90.4 Å². The number of aryl methyl sites for hydroxylation is 1. The van der Waals surface area contributed by atoms with Crippen LogP contribution < -0.4 is 0 Å². The van der Waals surface area contributed by atoms with Crippen LogP contribution in [-0.4, -0.2) is 0 Å². The van der Waals surface area contributed by atoms with Gasteiger partial charge in [0.15, 0.2) is 17.5 Å². The summed E-state index contributed by atoms with van der Waals surface area (Å²) in [6, 6.07) is 9.98. The van der Waals surface area contributed by atoms with Gasteiger partial charge >= 0.3 is 0 Å². The first-order valence-electron chi connectivity index (χ1n) is 13.8. The Labute approximate surface area is 210 Å². The Balaban J connectivity index is 1.25. The minimum absolute atomic E-state index is 0.412. The third kappa shape index (κ3) is 6.80. The Kier molecular flexibility index (Phi) is 9.14. The van der Waals surface area contributed by atoms with Crippen LogP contribution in [0.2, 0.25) is 0 Å². The highest BCUT2D eigenvalue weighted by atomic mass is 19.2. The molecule has 0 heterocycles. The van der Waals surface area contributed by atoms with Crippen LogP contribution in [0.5, 0.6) is 0 Å². The molecule has 0 aliphatic heterocycles. The first kappa shape index (κ1) is 26.0. The molecule has 2 aliphatic rings. The quantitative estimate of drug-likeness (QED) is 0.246. The number of hydrogen-bond donors (Lipinski definition) is 0. The Morgan fingerprint density at radius 2 is 1.34 bits per heavy atom. The predicted octanol–water partition coefficient (Wildman–Crippen LogP) is 10.1. The van der Waals surface area contributed by atoms with Crippen LogP contribution in [0.25, 0.3) is 11.1 Å². The van der Waals surface area contributed by atoms with Crippen LogP contribution in [0, 0.1) is 41.1 Å². The summed E-state index contributed by atoms with van der Waals surface area (Å²) in [6.07, 6.45) is 16.6. The van der Waals surface area contributed by atoms with Gasteiger partial charge in [0.05, 0.1) is 0 Å². The molecule has 4 rings (SSSR count). The minimum atomic E-state index is -1.40. The molecule has 0 radical (unpaired) electrons. The second-order valence-corrected chi connectivity index (χ2v) is 11.2. The molecule has 0 saturated heterocycles. The molecule has 2 aromatic rings. The van der Waals surface area contributed by atoms with Crippen LogP contribution >= 0.6 is 0 Å². The molecule has 190 valence electrons. The Morgan fingerprint density at radius 1 is 0.800 bits per heavy atom. The van der Waals surface area contributed by atoms with Gasteiger partial charge in [-0.25, -0.2) is 13.2 Å². The zero-order valence-electron chi connectivity index (χ0n) is 21.3. The van der Waals surface area contributed by atoms with Crippen molar-refractivity contribution in [2.24, 2.45) is 23.7 Å². The Morgan fingerprint density at radius 3 is 1.91 bits per heavy atom. The molecule has 0 amide bonds. The number of halogens is 3. The van der Waals surface area contributed by atoms with E-state index in [4.69, 9.17) is 0 Å². The number of benzene rings is 2. The molecule has 3 heteroatoms. The van der Waals surface area contributed by atoms with E-state index in [0.717, 1.165) is 66.2 Å². The molecular weight excluding hydrogens is 441 g/mol. The predicted molar refractivity (Wildman–Crippen MR) is 140 cm³/mol. The lowest BCUT2D eigenvalue weighted by atomic mass is 9.68. The molecule has 2 saturated carbocycles. The van der Waals surface area contributed by atoms with Crippen molar-refractivity contribution in [1.29, 1.82) is 0 Å². The molecule has 0 bridgehead atoms. The molecule has 2 aliphatic carbocycles. The lowest BCUT2D eigenvalue weighted by Gasteiger charge is -2.38. The van der Waals surface area contributed by atoms with E-state index >= 15 is 0 Å². The minimum Gasteiger partial charge on any atom is -0.204 e. The van der Waals surface area contributed by atoms with Crippen molar-refractivity contribution in [1.82, 2.24) is 0 Å². The molecule has 2 aromatic carbocycles. The Hall–Kier alpha value is -2.03. The van der Waals surface area contributed by atoms with E-state index in [-0.39, 0.29) is 0 Å². The first-order chi connectivity index (χ1) is 16.9. The second kappa shape index (κ2) is 12.3. The molecule has 0 aromatic heterocycles. The van der Waals surface area contributed by atoms with Crippen LogP contribution in [0.4, 0.5) is 13.2 Å². The van der Waals surface area contributed by atoms with Gasteiger partial charge in [-0.15, -0.1) is 0 Å². The fraction of sp³-hybridized carbons (Fsp3) is 0.562. The normalized spacial score (nSPS) is 24.9. The van der Waals surface area contributed by atoms with Crippen molar-refractivity contribution >= 4 is 0 Å². The van der Waals surface area contributed by atoms with E-state index in [0.29, 0.717) is 5.56 Å². The van der Waals surface area contributed by atoms with Gasteiger partial charge in [-0.3, -0.25) is 0 Å². The van der Waals surface area contributed by atoms with Gasteiger partial charge in [0.25, 0.3) is 0 Å². The zero-order valence-corrected chi connectivity index (χ0v) is 21.3. The molecule has 0 spiro atoms. The van der Waals surface area contributed by atoms with Crippen molar-refractivity contribution in [3.8, 4) is 11.1 Å². The highest BCUT2D eigenvalue weighted by Crippen LogP contribution is 2.43. The molecule has 0 unspecified atom stereocenters. The molecular formula is C32H41F3. The van der Waals surface area contributed by atoms with E-state index in [1.54, 1.807) is 0 Å². The summed E-state index contributed by atoms with van der Waals surface area (Å²) in [4.78, 5) is 0. The summed E-state index contributed by atoms with van der Waals surface area (Å²) in [7, 11) is 0. The third-order valence-electron chi connectivity index (χ3n) is 8.99. The van der Waals surface area contributed by atoms with E-state index in [9.17, 15) is 13.2 Å². The van der Waals surface area contributed by atoms with E-state index in [2.05, 4.69) is 13.5 Å². The summed E-state index contributed by atoms with van der Waals surface area (Å²) in [5, 5.41) is 0. The van der Waals surface area contributed by atoms with Gasteiger partial charge in [-0.05, 0) is 110 Å². The molecule has 2 fully saturated rings. The summed E-state index contributed by atoms with van der Waals surface area (Å²) in [6.45, 7) is 6.38. The number of rotatable bonds is 9. The largest absolute Gasteiger partial charge is 0.204 e. The fourth-order valence-electron chi connectivity index (χ4n) is 6.57. The summed E-state index contributed by atoms with van der Waals surface area (Å²) < 4.78 is 41.1. The molecule has 0 atom stereocenters. The zero-order chi connectivity index (χ0) is 24.8. The summed E-state index contributed by atoms with van der Waals surface area (Å²) in [5.41, 5.74) is 3.71. The average molecular weight is 483 g/mol. The number of allylic oxidation sites excluding steroid dienone is 1. The van der Waals surface area contributed by atoms with Crippen LogP contribution in [0.15, 0.2) is 48.6 Å². The highest BCUT2D eigenvalue weighted by molar-refractivity contribution is 5.67. The summed E-state index contributed by atoms with van der Waals surface area (Å²) in [5.74, 6) is -0.215. The highest BCUT2D eigenvalue weighted by Gasteiger charge is 2.30. The second-order valence-electron chi connectivity index (χ2n) is 11.2. The lowest BCUT2D eigenvalue weighted by Crippen LogP contribution is -2.26. The van der Waals surface area contributed by atoms with Gasteiger partial charge in [0, 0.05) is 0 Å². The van der Waals surface area contributed by atoms with Crippen molar-refractivity contribution in [3.05, 3.63) is 71.6 Å². The standard InChI is InChI=1S/C32H41F3/c1-3-22(2)8-9-23-10-15-25(16-11-23)26-17-12-24(13-18-26)14-19-27-6-4-5-7-29(27)28-20-30(33)32(35)31(34)21-28/h4-7,20-21,23-26H,2-3,8-19H2,1H3. The van der Waals surface area contributed by atoms with E-state index in [1.807, 2.05) is 24.3 Å².